The highest BCUT2D eigenvalue weighted by atomic mass is 32.2. The molecule has 0 bridgehead atoms. The fraction of sp³-hybridized carbons (Fsp3) is 0.514. The smallest absolute Gasteiger partial charge is 0.453 e. The van der Waals surface area contributed by atoms with Crippen molar-refractivity contribution in [2.75, 3.05) is 7.11 Å². The summed E-state index contributed by atoms with van der Waals surface area (Å²) in [6.45, 7) is 3.76. The summed E-state index contributed by atoms with van der Waals surface area (Å²) >= 11 is 0. The van der Waals surface area contributed by atoms with Gasteiger partial charge in [-0.2, -0.15) is 21.6 Å². The van der Waals surface area contributed by atoms with Gasteiger partial charge in [0, 0.05) is 11.6 Å². The Hall–Kier alpha value is -4.07. The maximum absolute atomic E-state index is 13.7. The van der Waals surface area contributed by atoms with Crippen LogP contribution >= 0.6 is 0 Å². The first kappa shape index (κ1) is 33.4. The van der Waals surface area contributed by atoms with E-state index in [4.69, 9.17) is 4.74 Å². The third-order valence-corrected chi connectivity index (χ3v) is 11.8. The minimum absolute atomic E-state index is 0.112. The van der Waals surface area contributed by atoms with Crippen molar-refractivity contribution in [3.8, 4) is 28.1 Å². The van der Waals surface area contributed by atoms with Gasteiger partial charge in [-0.05, 0) is 84.1 Å². The SMILES string of the molecule is COC(=O)N[C@H](C(=O)N1C2CC2C[C@H]1c1ncc(-c2ccc(-c3ccc(OS(=O)(=O)C(F)(F)F)c4c3C3(CCCC3)CC4)cc2)[nH]1)C(C)C. The molecule has 7 rings (SSSR count). The van der Waals surface area contributed by atoms with Crippen LogP contribution in [0.4, 0.5) is 18.0 Å². The van der Waals surface area contributed by atoms with Crippen LogP contribution < -0.4 is 9.50 Å². The van der Waals surface area contributed by atoms with Crippen LogP contribution in [0.1, 0.15) is 81.8 Å². The lowest BCUT2D eigenvalue weighted by Gasteiger charge is -2.31. The molecule has 2 saturated carbocycles. The maximum Gasteiger partial charge on any atom is 0.534 e. The van der Waals surface area contributed by atoms with E-state index in [0.717, 1.165) is 72.9 Å². The Bertz CT molecular complexity index is 1890. The topological polar surface area (TPSA) is 131 Å². The van der Waals surface area contributed by atoms with Gasteiger partial charge in [-0.15, -0.1) is 0 Å². The first-order valence-electron chi connectivity index (χ1n) is 16.7. The lowest BCUT2D eigenvalue weighted by Crippen LogP contribution is -2.52. The number of hydrogen-bond donors (Lipinski definition) is 2. The number of nitrogens with zero attached hydrogens (tertiary/aromatic N) is 2. The number of amides is 2. The zero-order chi connectivity index (χ0) is 34.9. The van der Waals surface area contributed by atoms with Gasteiger partial charge < -0.3 is 24.1 Å². The van der Waals surface area contributed by atoms with Gasteiger partial charge in [-0.25, -0.2) is 9.78 Å². The Morgan fingerprint density at radius 2 is 1.73 bits per heavy atom. The van der Waals surface area contributed by atoms with E-state index in [0.29, 0.717) is 23.7 Å². The fourth-order valence-corrected chi connectivity index (χ4v) is 8.85. The number of halogens is 3. The third-order valence-electron chi connectivity index (χ3n) is 10.9. The summed E-state index contributed by atoms with van der Waals surface area (Å²) in [6, 6.07) is 9.93. The summed E-state index contributed by atoms with van der Waals surface area (Å²) in [6.07, 6.45) is 7.74. The van der Waals surface area contributed by atoms with Gasteiger partial charge in [0.1, 0.15) is 17.6 Å². The summed E-state index contributed by atoms with van der Waals surface area (Å²) in [7, 11) is -4.53. The average Bonchev–Trinajstić information content (AvgIpc) is 3.54. The molecule has 2 heterocycles. The molecule has 3 aromatic rings. The fourth-order valence-electron chi connectivity index (χ4n) is 8.37. The largest absolute Gasteiger partial charge is 0.534 e. The lowest BCUT2D eigenvalue weighted by atomic mass is 9.77. The number of aromatic amines is 1. The Morgan fingerprint density at radius 1 is 1.04 bits per heavy atom. The van der Waals surface area contributed by atoms with E-state index in [1.807, 2.05) is 43.0 Å². The highest BCUT2D eigenvalue weighted by molar-refractivity contribution is 7.88. The van der Waals surface area contributed by atoms with E-state index < -0.39 is 27.8 Å². The molecule has 3 aliphatic carbocycles. The number of H-pyrrole nitrogens is 1. The van der Waals surface area contributed by atoms with Crippen molar-refractivity contribution in [2.45, 2.75) is 94.3 Å². The number of aromatic nitrogens is 2. The van der Waals surface area contributed by atoms with Gasteiger partial charge in [0.15, 0.2) is 0 Å². The second-order valence-electron chi connectivity index (χ2n) is 14.1. The molecule has 10 nitrogen and oxygen atoms in total. The van der Waals surface area contributed by atoms with Crippen molar-refractivity contribution >= 4 is 22.1 Å². The third kappa shape index (κ3) is 5.85. The van der Waals surface area contributed by atoms with Crippen LogP contribution in [0.3, 0.4) is 0 Å². The first-order valence-corrected chi connectivity index (χ1v) is 18.1. The van der Waals surface area contributed by atoms with E-state index in [-0.39, 0.29) is 35.1 Å². The molecule has 3 fully saturated rings. The monoisotopic (exact) mass is 700 g/mol. The van der Waals surface area contributed by atoms with Gasteiger partial charge in [-0.3, -0.25) is 4.79 Å². The zero-order valence-corrected chi connectivity index (χ0v) is 28.3. The minimum Gasteiger partial charge on any atom is -0.453 e. The second-order valence-corrected chi connectivity index (χ2v) is 15.7. The summed E-state index contributed by atoms with van der Waals surface area (Å²) in [5, 5.41) is 2.69. The zero-order valence-electron chi connectivity index (χ0n) is 27.5. The van der Waals surface area contributed by atoms with Crippen molar-refractivity contribution in [1.82, 2.24) is 20.2 Å². The van der Waals surface area contributed by atoms with E-state index >= 15 is 0 Å². The van der Waals surface area contributed by atoms with Gasteiger partial charge >= 0.3 is 21.7 Å². The Labute approximate surface area is 282 Å². The number of rotatable bonds is 8. The molecular weight excluding hydrogens is 661 g/mol. The molecule has 0 radical (unpaired) electrons. The number of alkyl carbamates (subject to hydrolysis) is 1. The van der Waals surface area contributed by atoms with Gasteiger partial charge in [0.2, 0.25) is 5.91 Å². The van der Waals surface area contributed by atoms with E-state index in [9.17, 15) is 31.2 Å². The van der Waals surface area contributed by atoms with Crippen LogP contribution in [0, 0.1) is 11.8 Å². The normalized spacial score (nSPS) is 23.0. The van der Waals surface area contributed by atoms with Crippen molar-refractivity contribution in [3.63, 3.8) is 0 Å². The van der Waals surface area contributed by atoms with E-state index in [1.165, 1.54) is 13.2 Å². The Balaban J connectivity index is 1.16. The number of benzene rings is 2. The van der Waals surface area contributed by atoms with Crippen LogP contribution in [0.5, 0.6) is 5.75 Å². The first-order chi connectivity index (χ1) is 23.2. The van der Waals surface area contributed by atoms with Crippen molar-refractivity contribution in [3.05, 3.63) is 59.5 Å². The number of nitrogens with one attached hydrogen (secondary N) is 2. The quantitative estimate of drug-likeness (QED) is 0.196. The molecule has 49 heavy (non-hydrogen) atoms. The van der Waals surface area contributed by atoms with E-state index in [2.05, 4.69) is 19.5 Å². The van der Waals surface area contributed by atoms with Gasteiger partial charge in [-0.1, -0.05) is 57.0 Å². The number of alkyl halides is 3. The molecule has 1 aromatic heterocycles. The molecule has 4 aliphatic rings. The molecule has 262 valence electrons. The molecule has 2 amide bonds. The van der Waals surface area contributed by atoms with Crippen molar-refractivity contribution in [1.29, 1.82) is 0 Å². The number of carbonyl (C=O) groups excluding carboxylic acids is 2. The Kier molecular flexibility index (Phi) is 8.23. The number of piperidine rings is 1. The van der Waals surface area contributed by atoms with Crippen LogP contribution in [-0.2, 0) is 31.5 Å². The van der Waals surface area contributed by atoms with Crippen LogP contribution in [0.2, 0.25) is 0 Å². The molecule has 1 aliphatic heterocycles. The number of ether oxygens (including phenoxy) is 1. The Morgan fingerprint density at radius 3 is 2.39 bits per heavy atom. The molecule has 1 spiro atoms. The summed E-state index contributed by atoms with van der Waals surface area (Å²) < 4.78 is 72.9. The molecular formula is C35H39F3N4O6S. The molecule has 1 saturated heterocycles. The maximum atomic E-state index is 13.7. The van der Waals surface area contributed by atoms with Crippen molar-refractivity contribution in [2.24, 2.45) is 11.8 Å². The summed E-state index contributed by atoms with van der Waals surface area (Å²) in [4.78, 5) is 35.7. The van der Waals surface area contributed by atoms with E-state index in [1.54, 1.807) is 12.3 Å². The van der Waals surface area contributed by atoms with Crippen LogP contribution in [0.15, 0.2) is 42.6 Å². The molecule has 2 N–H and O–H groups in total. The highest BCUT2D eigenvalue weighted by Crippen LogP contribution is 2.56. The predicted molar refractivity (Wildman–Crippen MR) is 174 cm³/mol. The molecule has 2 unspecified atom stereocenters. The molecule has 2 aromatic carbocycles. The molecule has 14 heteroatoms. The number of hydrogen-bond acceptors (Lipinski definition) is 7. The van der Waals surface area contributed by atoms with Crippen molar-refractivity contribution < 1.29 is 40.1 Å². The molecule has 4 atom stereocenters. The summed E-state index contributed by atoms with van der Waals surface area (Å²) in [5.41, 5.74) is -0.969. The van der Waals surface area contributed by atoms with Gasteiger partial charge in [0.25, 0.3) is 0 Å². The number of likely N-dealkylation sites (tertiary alicyclic amines) is 1. The number of carbonyl (C=O) groups is 2. The predicted octanol–water partition coefficient (Wildman–Crippen LogP) is 6.77. The second kappa shape index (κ2) is 12.1. The number of fused-ring (bicyclic) bond motifs is 3. The highest BCUT2D eigenvalue weighted by Gasteiger charge is 2.56. The number of methoxy groups -OCH3 is 1. The van der Waals surface area contributed by atoms with Crippen LogP contribution in [0.25, 0.3) is 22.4 Å². The average molecular weight is 701 g/mol. The van der Waals surface area contributed by atoms with Crippen LogP contribution in [-0.4, -0.2) is 60.0 Å². The minimum atomic E-state index is -5.80. The lowest BCUT2D eigenvalue weighted by molar-refractivity contribution is -0.136. The number of imidazole rings is 1. The standard InChI is InChI=1S/C35H39F3N4O6S/c1-19(2)30(41-33(44)47-3)32(43)42-26-16-22(26)17-27(42)31-39-18-25(40-31)21-8-6-20(7-9-21)23-10-11-28(48-49(45,46)35(36,37)38)24-12-15-34(29(23)24)13-4-5-14-34/h6-11,18-19,22,26-27,30H,4-5,12-17H2,1-3H3,(H,39,40)(H,41,44)/t22?,26?,27-,30-/m0/s1. The summed E-state index contributed by atoms with van der Waals surface area (Å²) in [5.74, 6) is 0.516. The van der Waals surface area contributed by atoms with Gasteiger partial charge in [0.05, 0.1) is 25.0 Å².